The molecule has 2 aromatic carbocycles. The molecule has 0 fully saturated rings. The van der Waals surface area contributed by atoms with Crippen LogP contribution in [0.1, 0.15) is 0 Å². The van der Waals surface area contributed by atoms with E-state index in [1.54, 1.807) is 4.72 Å². The number of nitrogens with one attached hydrogen (secondary N) is 1. The second-order valence-corrected chi connectivity index (χ2v) is 7.30. The highest BCUT2D eigenvalue weighted by Crippen LogP contribution is 2.38. The lowest BCUT2D eigenvalue weighted by molar-refractivity contribution is -0.384. The van der Waals surface area contributed by atoms with E-state index in [-0.39, 0.29) is 32.1 Å². The van der Waals surface area contributed by atoms with E-state index < -0.39 is 27.4 Å². The Kier molecular flexibility index (Phi) is 6.03. The third-order valence-corrected chi connectivity index (χ3v) is 4.90. The SMILES string of the molecule is NCC(=O)NS(=O)(=O)c1cc(Cl)c(Oc2ccc([N+](=O)[O-])cc2)c(Cl)c1. The number of sulfonamides is 1. The highest BCUT2D eigenvalue weighted by molar-refractivity contribution is 7.90. The summed E-state index contributed by atoms with van der Waals surface area (Å²) in [6.07, 6.45) is 0. The minimum Gasteiger partial charge on any atom is -0.454 e. The van der Waals surface area contributed by atoms with Crippen LogP contribution in [0.4, 0.5) is 5.69 Å². The minimum atomic E-state index is -4.20. The normalized spacial score (nSPS) is 11.0. The molecule has 138 valence electrons. The first-order chi connectivity index (χ1) is 12.1. The van der Waals surface area contributed by atoms with Gasteiger partial charge in [0.25, 0.3) is 15.7 Å². The van der Waals surface area contributed by atoms with Gasteiger partial charge in [0.15, 0.2) is 5.75 Å². The van der Waals surface area contributed by atoms with E-state index in [2.05, 4.69) is 0 Å². The third kappa shape index (κ3) is 4.61. The Morgan fingerprint density at radius 2 is 1.73 bits per heavy atom. The predicted octanol–water partition coefficient (Wildman–Crippen LogP) is 2.46. The lowest BCUT2D eigenvalue weighted by Gasteiger charge is -2.12. The Balaban J connectivity index is 2.32. The van der Waals surface area contributed by atoms with Gasteiger partial charge in [-0.25, -0.2) is 13.1 Å². The molecule has 0 aliphatic rings. The number of carbonyl (C=O) groups excluding carboxylic acids is 1. The van der Waals surface area contributed by atoms with Crippen molar-refractivity contribution in [3.05, 3.63) is 56.6 Å². The van der Waals surface area contributed by atoms with Crippen LogP contribution < -0.4 is 15.2 Å². The van der Waals surface area contributed by atoms with Crippen LogP contribution in [0.15, 0.2) is 41.3 Å². The van der Waals surface area contributed by atoms with Gasteiger partial charge in [0.2, 0.25) is 5.91 Å². The fourth-order valence-electron chi connectivity index (χ4n) is 1.79. The van der Waals surface area contributed by atoms with Crippen molar-refractivity contribution in [3.63, 3.8) is 0 Å². The monoisotopic (exact) mass is 419 g/mol. The largest absolute Gasteiger partial charge is 0.454 e. The van der Waals surface area contributed by atoms with E-state index in [1.807, 2.05) is 0 Å². The third-order valence-electron chi connectivity index (χ3n) is 2.98. The molecule has 0 bridgehead atoms. The average Bonchev–Trinajstić information content (AvgIpc) is 2.57. The van der Waals surface area contributed by atoms with Crippen molar-refractivity contribution in [1.82, 2.24) is 4.72 Å². The van der Waals surface area contributed by atoms with Gasteiger partial charge in [-0.1, -0.05) is 23.2 Å². The zero-order chi connectivity index (χ0) is 19.5. The number of nitrogens with two attached hydrogens (primary N) is 1. The maximum atomic E-state index is 12.1. The molecule has 9 nitrogen and oxygen atoms in total. The lowest BCUT2D eigenvalue weighted by atomic mass is 10.3. The van der Waals surface area contributed by atoms with Gasteiger partial charge < -0.3 is 10.5 Å². The number of amides is 1. The maximum absolute atomic E-state index is 12.1. The molecule has 0 aliphatic heterocycles. The summed E-state index contributed by atoms with van der Waals surface area (Å²) < 4.78 is 31.3. The molecule has 0 saturated heterocycles. The number of nitro groups is 1. The number of hydrogen-bond donors (Lipinski definition) is 2. The molecule has 0 unspecified atom stereocenters. The number of rotatable bonds is 6. The fraction of sp³-hybridized carbons (Fsp3) is 0.0714. The number of nitro benzene ring substituents is 1. The van der Waals surface area contributed by atoms with Crippen LogP contribution >= 0.6 is 23.2 Å². The molecular formula is C14H11Cl2N3O6S. The summed E-state index contributed by atoms with van der Waals surface area (Å²) >= 11 is 12.0. The van der Waals surface area contributed by atoms with Crippen LogP contribution in [0.5, 0.6) is 11.5 Å². The first-order valence-electron chi connectivity index (χ1n) is 6.81. The van der Waals surface area contributed by atoms with Crippen LogP contribution in [0.3, 0.4) is 0 Å². The first-order valence-corrected chi connectivity index (χ1v) is 9.05. The molecule has 0 heterocycles. The lowest BCUT2D eigenvalue weighted by Crippen LogP contribution is -2.35. The summed E-state index contributed by atoms with van der Waals surface area (Å²) in [5.74, 6) is -0.749. The molecule has 26 heavy (non-hydrogen) atoms. The van der Waals surface area contributed by atoms with Gasteiger partial charge in [-0.2, -0.15) is 0 Å². The number of halogens is 2. The van der Waals surface area contributed by atoms with Gasteiger partial charge in [0.1, 0.15) is 5.75 Å². The molecule has 0 spiro atoms. The van der Waals surface area contributed by atoms with Gasteiger partial charge >= 0.3 is 0 Å². The number of carbonyl (C=O) groups is 1. The predicted molar refractivity (Wildman–Crippen MR) is 94.0 cm³/mol. The van der Waals surface area contributed by atoms with E-state index in [0.717, 1.165) is 12.1 Å². The summed E-state index contributed by atoms with van der Waals surface area (Å²) in [6, 6.07) is 7.19. The molecule has 1 amide bonds. The Labute approximate surface area is 157 Å². The van der Waals surface area contributed by atoms with Gasteiger partial charge in [-0.3, -0.25) is 14.9 Å². The minimum absolute atomic E-state index is 0.0497. The topological polar surface area (TPSA) is 142 Å². The van der Waals surface area contributed by atoms with Crippen molar-refractivity contribution in [2.75, 3.05) is 6.54 Å². The zero-order valence-corrected chi connectivity index (χ0v) is 15.1. The zero-order valence-electron chi connectivity index (χ0n) is 12.8. The quantitative estimate of drug-likeness (QED) is 0.540. The molecule has 0 aromatic heterocycles. The highest BCUT2D eigenvalue weighted by atomic mass is 35.5. The van der Waals surface area contributed by atoms with Gasteiger partial charge in [0.05, 0.1) is 26.4 Å². The number of hydrogen-bond acceptors (Lipinski definition) is 7. The Morgan fingerprint density at radius 1 is 1.19 bits per heavy atom. The van der Waals surface area contributed by atoms with Crippen molar-refractivity contribution in [3.8, 4) is 11.5 Å². The first kappa shape index (κ1) is 19.9. The molecule has 12 heteroatoms. The molecule has 0 radical (unpaired) electrons. The van der Waals surface area contributed by atoms with Crippen LogP contribution in [0.2, 0.25) is 10.0 Å². The van der Waals surface area contributed by atoms with E-state index in [4.69, 9.17) is 33.7 Å². The molecule has 2 rings (SSSR count). The smallest absolute Gasteiger partial charge is 0.269 e. The molecule has 0 saturated carbocycles. The van der Waals surface area contributed by atoms with Crippen LogP contribution in [-0.4, -0.2) is 25.8 Å². The van der Waals surface area contributed by atoms with Gasteiger partial charge in [-0.15, -0.1) is 0 Å². The molecule has 0 aliphatic carbocycles. The van der Waals surface area contributed by atoms with Crippen molar-refractivity contribution in [1.29, 1.82) is 0 Å². The van der Waals surface area contributed by atoms with Crippen molar-refractivity contribution in [2.45, 2.75) is 4.90 Å². The number of ether oxygens (including phenoxy) is 1. The molecule has 3 N–H and O–H groups in total. The summed E-state index contributed by atoms with van der Waals surface area (Å²) in [5.41, 5.74) is 4.93. The second kappa shape index (κ2) is 7.87. The van der Waals surface area contributed by atoms with E-state index in [1.165, 1.54) is 24.3 Å². The summed E-state index contributed by atoms with van der Waals surface area (Å²) in [4.78, 5) is 20.9. The Hall–Kier alpha value is -2.40. The van der Waals surface area contributed by atoms with E-state index in [0.29, 0.717) is 0 Å². The molecule has 0 atom stereocenters. The van der Waals surface area contributed by atoms with Gasteiger partial charge in [0, 0.05) is 12.1 Å². The van der Waals surface area contributed by atoms with E-state index in [9.17, 15) is 23.3 Å². The Bertz CT molecular complexity index is 940. The Morgan fingerprint density at radius 3 is 2.19 bits per heavy atom. The number of nitrogens with zero attached hydrogens (tertiary/aromatic N) is 1. The molecule has 2 aromatic rings. The van der Waals surface area contributed by atoms with Crippen molar-refractivity contribution >= 4 is 44.8 Å². The number of non-ortho nitro benzene ring substituents is 1. The summed E-state index contributed by atoms with van der Waals surface area (Å²) in [7, 11) is -4.20. The summed E-state index contributed by atoms with van der Waals surface area (Å²) in [6.45, 7) is -0.512. The maximum Gasteiger partial charge on any atom is 0.269 e. The van der Waals surface area contributed by atoms with Crippen LogP contribution in [0, 0.1) is 10.1 Å². The average molecular weight is 420 g/mol. The highest BCUT2D eigenvalue weighted by Gasteiger charge is 2.21. The fourth-order valence-corrected chi connectivity index (χ4v) is 3.53. The van der Waals surface area contributed by atoms with Crippen LogP contribution in [-0.2, 0) is 14.8 Å². The standard InChI is InChI=1S/C14H11Cl2N3O6S/c15-11-5-10(26(23,24)18-13(20)7-17)6-12(16)14(11)25-9-3-1-8(2-4-9)19(21)22/h1-6H,7,17H2,(H,18,20). The van der Waals surface area contributed by atoms with Gasteiger partial charge in [-0.05, 0) is 24.3 Å². The second-order valence-electron chi connectivity index (χ2n) is 4.80. The van der Waals surface area contributed by atoms with Crippen molar-refractivity contribution < 1.29 is 22.9 Å². The number of benzene rings is 2. The van der Waals surface area contributed by atoms with E-state index >= 15 is 0 Å². The van der Waals surface area contributed by atoms with Crippen molar-refractivity contribution in [2.24, 2.45) is 5.73 Å². The molecular weight excluding hydrogens is 409 g/mol. The summed E-state index contributed by atoms with van der Waals surface area (Å²) in [5, 5.41) is 10.4. The van der Waals surface area contributed by atoms with Crippen LogP contribution in [0.25, 0.3) is 0 Å².